The van der Waals surface area contributed by atoms with Gasteiger partial charge in [0.2, 0.25) is 0 Å². The number of para-hydroxylation sites is 1. The molecular weight excluding hydrogens is 156 g/mol. The maximum atomic E-state index is 10.9. The molecule has 1 aliphatic rings. The second-order valence-corrected chi connectivity index (χ2v) is 2.36. The fraction of sp³-hybridized carbons (Fsp3) is 0. The molecule has 0 aliphatic carbocycles. The molecule has 0 aromatic heterocycles. The molecule has 58 valence electrons. The summed E-state index contributed by atoms with van der Waals surface area (Å²) in [4.78, 5) is 21.3. The monoisotopic (exact) mass is 160 g/mol. The lowest BCUT2D eigenvalue weighted by Gasteiger charge is -1.91. The predicted molar refractivity (Wildman–Crippen MR) is 41.2 cm³/mol. The first-order valence-corrected chi connectivity index (χ1v) is 3.39. The Bertz CT molecular complexity index is 400. The van der Waals surface area contributed by atoms with Gasteiger partial charge in [0, 0.05) is 5.56 Å². The Morgan fingerprint density at radius 1 is 1.25 bits per heavy atom. The highest BCUT2D eigenvalue weighted by molar-refractivity contribution is 6.29. The number of benzene rings is 1. The van der Waals surface area contributed by atoms with E-state index in [9.17, 15) is 9.59 Å². The minimum atomic E-state index is -0.619. The summed E-state index contributed by atoms with van der Waals surface area (Å²) in [5.41, 5.74) is 0.503. The fourth-order valence-electron chi connectivity index (χ4n) is 1.12. The molecule has 3 heteroatoms. The van der Waals surface area contributed by atoms with Crippen molar-refractivity contribution in [2.24, 2.45) is 0 Å². The van der Waals surface area contributed by atoms with E-state index in [0.29, 0.717) is 11.3 Å². The minimum absolute atomic E-state index is 0.0226. The SMILES string of the molecule is O=C=C1C(=O)Oc2ccccc21. The van der Waals surface area contributed by atoms with Gasteiger partial charge in [-0.25, -0.2) is 9.59 Å². The number of rotatable bonds is 0. The Kier molecular flexibility index (Phi) is 1.32. The summed E-state index contributed by atoms with van der Waals surface area (Å²) >= 11 is 0. The number of carbonyl (C=O) groups excluding carboxylic acids is 2. The van der Waals surface area contributed by atoms with Gasteiger partial charge >= 0.3 is 5.97 Å². The van der Waals surface area contributed by atoms with E-state index < -0.39 is 5.97 Å². The zero-order valence-electron chi connectivity index (χ0n) is 6.03. The smallest absolute Gasteiger partial charge is 0.355 e. The van der Waals surface area contributed by atoms with Gasteiger partial charge in [0.05, 0.1) is 0 Å². The summed E-state index contributed by atoms with van der Waals surface area (Å²) in [7, 11) is 0. The average molecular weight is 160 g/mol. The Hall–Kier alpha value is -1.86. The topological polar surface area (TPSA) is 43.4 Å². The summed E-state index contributed by atoms with van der Waals surface area (Å²) in [5, 5.41) is 0. The minimum Gasteiger partial charge on any atom is -0.422 e. The molecule has 1 heterocycles. The predicted octanol–water partition coefficient (Wildman–Crippen LogP) is 0.821. The van der Waals surface area contributed by atoms with E-state index in [2.05, 4.69) is 0 Å². The van der Waals surface area contributed by atoms with Gasteiger partial charge < -0.3 is 4.74 Å². The van der Waals surface area contributed by atoms with Crippen LogP contribution in [0.5, 0.6) is 5.75 Å². The Morgan fingerprint density at radius 3 is 2.75 bits per heavy atom. The lowest BCUT2D eigenvalue weighted by atomic mass is 10.1. The third kappa shape index (κ3) is 0.775. The Morgan fingerprint density at radius 2 is 2.00 bits per heavy atom. The summed E-state index contributed by atoms with van der Waals surface area (Å²) in [6.45, 7) is 0. The Balaban J connectivity index is 2.70. The molecule has 1 aliphatic heterocycles. The van der Waals surface area contributed by atoms with Crippen LogP contribution >= 0.6 is 0 Å². The van der Waals surface area contributed by atoms with Crippen molar-refractivity contribution in [1.82, 2.24) is 0 Å². The number of hydrogen-bond acceptors (Lipinski definition) is 3. The number of fused-ring (bicyclic) bond motifs is 1. The first kappa shape index (κ1) is 6.83. The summed E-state index contributed by atoms with van der Waals surface area (Å²) in [5.74, 6) is 1.37. The molecule has 0 unspecified atom stereocenters. The van der Waals surface area contributed by atoms with Gasteiger partial charge in [-0.2, -0.15) is 0 Å². The third-order valence-electron chi connectivity index (χ3n) is 1.67. The summed E-state index contributed by atoms with van der Waals surface area (Å²) in [6.07, 6.45) is 0. The van der Waals surface area contributed by atoms with Crippen LogP contribution in [0.15, 0.2) is 24.3 Å². The molecule has 0 saturated carbocycles. The average Bonchev–Trinajstić information content (AvgIpc) is 2.40. The van der Waals surface area contributed by atoms with Crippen molar-refractivity contribution in [3.63, 3.8) is 0 Å². The lowest BCUT2D eigenvalue weighted by Crippen LogP contribution is -2.00. The maximum Gasteiger partial charge on any atom is 0.355 e. The van der Waals surface area contributed by atoms with E-state index in [1.165, 1.54) is 0 Å². The molecule has 3 nitrogen and oxygen atoms in total. The number of carbonyl (C=O) groups is 1. The van der Waals surface area contributed by atoms with Gasteiger partial charge in [-0.05, 0) is 12.1 Å². The van der Waals surface area contributed by atoms with Crippen LogP contribution in [0.1, 0.15) is 5.56 Å². The molecule has 0 atom stereocenters. The molecule has 2 rings (SSSR count). The van der Waals surface area contributed by atoms with E-state index in [4.69, 9.17) is 4.74 Å². The highest BCUT2D eigenvalue weighted by Gasteiger charge is 2.27. The van der Waals surface area contributed by atoms with E-state index in [1.54, 1.807) is 30.2 Å². The standard InChI is InChI=1S/C9H4O3/c10-5-7-6-3-1-2-4-8(6)12-9(7)11/h1-4H. The maximum absolute atomic E-state index is 10.9. The van der Waals surface area contributed by atoms with Crippen LogP contribution < -0.4 is 4.74 Å². The molecule has 0 radical (unpaired) electrons. The van der Waals surface area contributed by atoms with Crippen molar-refractivity contribution in [3.8, 4) is 5.75 Å². The van der Waals surface area contributed by atoms with Gasteiger partial charge in [-0.15, -0.1) is 0 Å². The molecule has 0 amide bonds. The quantitative estimate of drug-likeness (QED) is 0.244. The molecule has 1 aromatic carbocycles. The third-order valence-corrected chi connectivity index (χ3v) is 1.67. The zero-order valence-corrected chi connectivity index (χ0v) is 6.03. The van der Waals surface area contributed by atoms with E-state index in [-0.39, 0.29) is 5.57 Å². The summed E-state index contributed by atoms with van der Waals surface area (Å²) in [6, 6.07) is 6.76. The first-order valence-electron chi connectivity index (χ1n) is 3.39. The largest absolute Gasteiger partial charge is 0.422 e. The van der Waals surface area contributed by atoms with Crippen LogP contribution in [0.2, 0.25) is 0 Å². The molecule has 1 aromatic rings. The molecule has 0 N–H and O–H groups in total. The second-order valence-electron chi connectivity index (χ2n) is 2.36. The van der Waals surface area contributed by atoms with Crippen LogP contribution in [-0.2, 0) is 9.59 Å². The Labute approximate surface area is 68.3 Å². The normalized spacial score (nSPS) is 13.7. The van der Waals surface area contributed by atoms with Crippen LogP contribution in [0.4, 0.5) is 0 Å². The first-order chi connectivity index (χ1) is 5.83. The van der Waals surface area contributed by atoms with Crippen molar-refractivity contribution in [2.75, 3.05) is 0 Å². The zero-order chi connectivity index (χ0) is 8.55. The van der Waals surface area contributed by atoms with Crippen molar-refractivity contribution in [2.45, 2.75) is 0 Å². The van der Waals surface area contributed by atoms with Crippen molar-refractivity contribution >= 4 is 17.5 Å². The van der Waals surface area contributed by atoms with Crippen LogP contribution in [0, 0.1) is 0 Å². The van der Waals surface area contributed by atoms with Crippen LogP contribution in [0.25, 0.3) is 5.57 Å². The number of esters is 1. The van der Waals surface area contributed by atoms with Crippen molar-refractivity contribution in [3.05, 3.63) is 29.8 Å². The fourth-order valence-corrected chi connectivity index (χ4v) is 1.12. The molecular formula is C9H4O3. The van der Waals surface area contributed by atoms with E-state index in [0.717, 1.165) is 0 Å². The number of hydrogen-bond donors (Lipinski definition) is 0. The number of ether oxygens (including phenoxy) is 1. The highest BCUT2D eigenvalue weighted by atomic mass is 16.5. The van der Waals surface area contributed by atoms with Gasteiger partial charge in [-0.1, -0.05) is 12.1 Å². The molecule has 0 fully saturated rings. The second kappa shape index (κ2) is 2.32. The van der Waals surface area contributed by atoms with Gasteiger partial charge in [0.25, 0.3) is 0 Å². The lowest BCUT2D eigenvalue weighted by molar-refractivity contribution is -0.126. The van der Waals surface area contributed by atoms with E-state index >= 15 is 0 Å². The van der Waals surface area contributed by atoms with Gasteiger partial charge in [0.15, 0.2) is 5.57 Å². The van der Waals surface area contributed by atoms with Crippen LogP contribution in [0.3, 0.4) is 0 Å². The molecule has 12 heavy (non-hydrogen) atoms. The van der Waals surface area contributed by atoms with Gasteiger partial charge in [0.1, 0.15) is 11.7 Å². The summed E-state index contributed by atoms with van der Waals surface area (Å²) < 4.78 is 4.77. The van der Waals surface area contributed by atoms with Crippen LogP contribution in [-0.4, -0.2) is 11.9 Å². The van der Waals surface area contributed by atoms with Crippen molar-refractivity contribution < 1.29 is 14.3 Å². The molecule has 0 saturated heterocycles. The molecule has 0 bridgehead atoms. The van der Waals surface area contributed by atoms with E-state index in [1.807, 2.05) is 0 Å². The highest BCUT2D eigenvalue weighted by Crippen LogP contribution is 2.31. The molecule has 0 spiro atoms. The van der Waals surface area contributed by atoms with Crippen molar-refractivity contribution in [1.29, 1.82) is 0 Å². The van der Waals surface area contributed by atoms with Gasteiger partial charge in [-0.3, -0.25) is 0 Å².